The first-order valence-corrected chi connectivity index (χ1v) is 11.2. The molecule has 1 heterocycles. The molecule has 26 heavy (non-hydrogen) atoms. The molecule has 1 atom stereocenters. The lowest BCUT2D eigenvalue weighted by molar-refractivity contribution is -0.133. The van der Waals surface area contributed by atoms with Crippen molar-refractivity contribution in [3.63, 3.8) is 0 Å². The van der Waals surface area contributed by atoms with Crippen LogP contribution in [0.4, 0.5) is 0 Å². The van der Waals surface area contributed by atoms with Crippen molar-refractivity contribution in [1.29, 1.82) is 0 Å². The van der Waals surface area contributed by atoms with Crippen LogP contribution in [0.3, 0.4) is 0 Å². The average Bonchev–Trinajstić information content (AvgIpc) is 2.57. The smallest absolute Gasteiger partial charge is 0.253 e. The number of nitrogens with zero attached hydrogens (tertiary/aromatic N) is 1. The number of thioether (sulfide) groups is 1. The number of hydrogen-bond acceptors (Lipinski definition) is 3. The summed E-state index contributed by atoms with van der Waals surface area (Å²) in [6, 6.07) is 4.22. The average molecular weight is 417 g/mol. The number of halogens is 2. The standard InChI is InChI=1S/C19H26Cl2N2O2S/c1-26-12-9-17(19(25)23-10-5-3-2-4-6-11-23)22-18(24)15-8-7-14(20)13-16(15)21/h7-8,13,17H,2-6,9-12H2,1H3,(H,22,24)/t17-/m0/s1. The predicted octanol–water partition coefficient (Wildman–Crippen LogP) is 4.64. The van der Waals surface area contributed by atoms with E-state index < -0.39 is 6.04 Å². The van der Waals surface area contributed by atoms with E-state index in [2.05, 4.69) is 5.32 Å². The maximum absolute atomic E-state index is 13.0. The Hall–Kier alpha value is -0.910. The van der Waals surface area contributed by atoms with Crippen LogP contribution in [0.2, 0.25) is 10.0 Å². The van der Waals surface area contributed by atoms with Crippen molar-refractivity contribution in [2.75, 3.05) is 25.1 Å². The van der Waals surface area contributed by atoms with Gasteiger partial charge in [-0.1, -0.05) is 42.5 Å². The Bertz CT molecular complexity index is 620. The van der Waals surface area contributed by atoms with Crippen molar-refractivity contribution < 1.29 is 9.59 Å². The molecule has 0 unspecified atom stereocenters. The van der Waals surface area contributed by atoms with E-state index in [9.17, 15) is 9.59 Å². The lowest BCUT2D eigenvalue weighted by Crippen LogP contribution is -2.49. The highest BCUT2D eigenvalue weighted by Gasteiger charge is 2.26. The number of carbonyl (C=O) groups is 2. The van der Waals surface area contributed by atoms with E-state index in [1.807, 2.05) is 11.2 Å². The SMILES string of the molecule is CSCC[C@H](NC(=O)c1ccc(Cl)cc1Cl)C(=O)N1CCCCCCC1. The Morgan fingerprint density at radius 2 is 1.81 bits per heavy atom. The first-order valence-electron chi connectivity index (χ1n) is 9.06. The number of nitrogens with one attached hydrogen (secondary N) is 1. The molecule has 1 saturated heterocycles. The van der Waals surface area contributed by atoms with Crippen molar-refractivity contribution in [3.8, 4) is 0 Å². The van der Waals surface area contributed by atoms with Gasteiger partial charge in [0.2, 0.25) is 5.91 Å². The Balaban J connectivity index is 2.09. The molecule has 0 aliphatic carbocycles. The molecule has 7 heteroatoms. The van der Waals surface area contributed by atoms with Crippen molar-refractivity contribution in [2.24, 2.45) is 0 Å². The zero-order valence-electron chi connectivity index (χ0n) is 15.1. The van der Waals surface area contributed by atoms with Crippen LogP contribution in [0.25, 0.3) is 0 Å². The Labute approximate surface area is 170 Å². The van der Waals surface area contributed by atoms with Gasteiger partial charge in [0.05, 0.1) is 10.6 Å². The number of likely N-dealkylation sites (tertiary alicyclic amines) is 1. The number of benzene rings is 1. The van der Waals surface area contributed by atoms with E-state index in [0.717, 1.165) is 44.5 Å². The van der Waals surface area contributed by atoms with E-state index >= 15 is 0 Å². The van der Waals surface area contributed by atoms with E-state index in [1.54, 1.807) is 23.9 Å². The van der Waals surface area contributed by atoms with Gasteiger partial charge in [-0.25, -0.2) is 0 Å². The molecule has 4 nitrogen and oxygen atoms in total. The van der Waals surface area contributed by atoms with Crippen LogP contribution in [0.15, 0.2) is 18.2 Å². The second kappa shape index (κ2) is 11.1. The third-order valence-electron chi connectivity index (χ3n) is 4.56. The molecule has 0 radical (unpaired) electrons. The molecule has 0 saturated carbocycles. The van der Waals surface area contributed by atoms with Gasteiger partial charge >= 0.3 is 0 Å². The summed E-state index contributed by atoms with van der Waals surface area (Å²) >= 11 is 13.7. The van der Waals surface area contributed by atoms with Gasteiger partial charge in [-0.15, -0.1) is 0 Å². The third kappa shape index (κ3) is 6.36. The zero-order valence-corrected chi connectivity index (χ0v) is 17.4. The van der Waals surface area contributed by atoms with Gasteiger partial charge in [-0.2, -0.15) is 11.8 Å². The van der Waals surface area contributed by atoms with Crippen molar-refractivity contribution in [3.05, 3.63) is 33.8 Å². The summed E-state index contributed by atoms with van der Waals surface area (Å²) in [4.78, 5) is 27.6. The Kier molecular flexibility index (Phi) is 9.09. The fourth-order valence-electron chi connectivity index (χ4n) is 3.09. The maximum Gasteiger partial charge on any atom is 0.253 e. The van der Waals surface area contributed by atoms with Crippen molar-refractivity contribution >= 4 is 46.8 Å². The molecule has 0 spiro atoms. The number of rotatable bonds is 6. The highest BCUT2D eigenvalue weighted by molar-refractivity contribution is 7.98. The molecule has 2 rings (SSSR count). The number of amides is 2. The minimum absolute atomic E-state index is 0.0133. The lowest BCUT2D eigenvalue weighted by atomic mass is 10.1. The minimum atomic E-state index is -0.527. The van der Waals surface area contributed by atoms with Crippen LogP contribution in [0, 0.1) is 0 Å². The van der Waals surface area contributed by atoms with Crippen LogP contribution in [-0.4, -0.2) is 47.9 Å². The minimum Gasteiger partial charge on any atom is -0.341 e. The topological polar surface area (TPSA) is 49.4 Å². The molecule has 1 N–H and O–H groups in total. The van der Waals surface area contributed by atoms with Crippen LogP contribution >= 0.6 is 35.0 Å². The van der Waals surface area contributed by atoms with E-state index in [0.29, 0.717) is 17.0 Å². The van der Waals surface area contributed by atoms with Gasteiger partial charge in [-0.3, -0.25) is 9.59 Å². The first-order chi connectivity index (χ1) is 12.5. The summed E-state index contributed by atoms with van der Waals surface area (Å²) in [5.74, 6) is 0.483. The monoisotopic (exact) mass is 416 g/mol. The van der Waals surface area contributed by atoms with Crippen molar-refractivity contribution in [2.45, 2.75) is 44.6 Å². The zero-order chi connectivity index (χ0) is 18.9. The Morgan fingerprint density at radius 3 is 2.42 bits per heavy atom. The highest BCUT2D eigenvalue weighted by Crippen LogP contribution is 2.21. The summed E-state index contributed by atoms with van der Waals surface area (Å²) in [5, 5.41) is 3.65. The van der Waals surface area contributed by atoms with E-state index in [1.165, 1.54) is 12.5 Å². The van der Waals surface area contributed by atoms with Gasteiger partial charge < -0.3 is 10.2 Å². The summed E-state index contributed by atoms with van der Waals surface area (Å²) in [5.41, 5.74) is 0.339. The van der Waals surface area contributed by atoms with Gasteiger partial charge in [0.15, 0.2) is 0 Å². The van der Waals surface area contributed by atoms with Crippen LogP contribution in [0.5, 0.6) is 0 Å². The first kappa shape index (κ1) is 21.4. The highest BCUT2D eigenvalue weighted by atomic mass is 35.5. The van der Waals surface area contributed by atoms with Gasteiger partial charge in [0.25, 0.3) is 5.91 Å². The molecule has 2 amide bonds. The molecule has 0 bridgehead atoms. The Morgan fingerprint density at radius 1 is 1.15 bits per heavy atom. The third-order valence-corrected chi connectivity index (χ3v) is 5.75. The normalized spacial score (nSPS) is 16.5. The van der Waals surface area contributed by atoms with E-state index in [-0.39, 0.29) is 16.8 Å². The van der Waals surface area contributed by atoms with E-state index in [4.69, 9.17) is 23.2 Å². The summed E-state index contributed by atoms with van der Waals surface area (Å²) in [6.07, 6.45) is 8.21. The van der Waals surface area contributed by atoms with Crippen LogP contribution < -0.4 is 5.32 Å². The predicted molar refractivity (Wildman–Crippen MR) is 110 cm³/mol. The molecule has 0 aromatic heterocycles. The van der Waals surface area contributed by atoms with Crippen LogP contribution in [-0.2, 0) is 4.79 Å². The van der Waals surface area contributed by atoms with Gasteiger partial charge in [0, 0.05) is 18.1 Å². The molecular formula is C19H26Cl2N2O2S. The lowest BCUT2D eigenvalue weighted by Gasteiger charge is -2.29. The number of carbonyl (C=O) groups excluding carboxylic acids is 2. The van der Waals surface area contributed by atoms with Crippen LogP contribution in [0.1, 0.15) is 48.9 Å². The molecular weight excluding hydrogens is 391 g/mol. The summed E-state index contributed by atoms with van der Waals surface area (Å²) < 4.78 is 0. The fraction of sp³-hybridized carbons (Fsp3) is 0.579. The maximum atomic E-state index is 13.0. The second-order valence-electron chi connectivity index (χ2n) is 6.52. The summed E-state index contributed by atoms with van der Waals surface area (Å²) in [6.45, 7) is 1.54. The largest absolute Gasteiger partial charge is 0.341 e. The van der Waals surface area contributed by atoms with Crippen molar-refractivity contribution in [1.82, 2.24) is 10.2 Å². The fourth-order valence-corrected chi connectivity index (χ4v) is 4.06. The molecule has 1 aromatic rings. The number of hydrogen-bond donors (Lipinski definition) is 1. The molecule has 144 valence electrons. The molecule has 1 aromatic carbocycles. The van der Waals surface area contributed by atoms with Gasteiger partial charge in [-0.05, 0) is 49.5 Å². The molecule has 1 aliphatic heterocycles. The van der Waals surface area contributed by atoms with Gasteiger partial charge in [0.1, 0.15) is 6.04 Å². The molecule has 1 aliphatic rings. The summed E-state index contributed by atoms with van der Waals surface area (Å²) in [7, 11) is 0. The molecule has 1 fully saturated rings. The second-order valence-corrected chi connectivity index (χ2v) is 8.35. The quantitative estimate of drug-likeness (QED) is 0.734.